The zero-order chi connectivity index (χ0) is 13.8. The highest BCUT2D eigenvalue weighted by Crippen LogP contribution is 2.25. The third-order valence-corrected chi connectivity index (χ3v) is 3.49. The van der Waals surface area contributed by atoms with Gasteiger partial charge >= 0.3 is 0 Å². The van der Waals surface area contributed by atoms with Gasteiger partial charge in [0.2, 0.25) is 0 Å². The minimum Gasteiger partial charge on any atom is -0.488 e. The van der Waals surface area contributed by atoms with Crippen molar-refractivity contribution < 1.29 is 9.13 Å². The number of ether oxygens (including phenoxy) is 1. The topological polar surface area (TPSA) is 35.2 Å². The molecule has 0 aliphatic carbocycles. The van der Waals surface area contributed by atoms with Crippen LogP contribution in [0.25, 0.3) is 0 Å². The summed E-state index contributed by atoms with van der Waals surface area (Å²) in [4.78, 5) is 0. The molecule has 0 aliphatic rings. The molecule has 0 amide bonds. The normalized spacial score (nSPS) is 12.2. The molecule has 100 valence electrons. The first-order valence-corrected chi connectivity index (χ1v) is 7.06. The molecule has 19 heavy (non-hydrogen) atoms. The van der Waals surface area contributed by atoms with E-state index in [0.29, 0.717) is 12.4 Å². The Hall–Kier alpha value is -1.14. The van der Waals surface area contributed by atoms with Crippen LogP contribution in [0.3, 0.4) is 0 Å². The Balaban J connectivity index is 2.14. The zero-order valence-corrected chi connectivity index (χ0v) is 12.7. The fourth-order valence-electron chi connectivity index (χ4n) is 1.75. The van der Waals surface area contributed by atoms with Crippen LogP contribution >= 0.6 is 22.6 Å². The molecule has 0 saturated heterocycles. The molecular formula is C15H15FINO. The van der Waals surface area contributed by atoms with E-state index >= 15 is 0 Å². The second-order valence-corrected chi connectivity index (χ2v) is 5.63. The van der Waals surface area contributed by atoms with Gasteiger partial charge < -0.3 is 10.5 Å². The standard InChI is InChI=1S/C15H15FINO/c1-10(18)14-7-4-12(16)8-15(14)19-9-11-2-5-13(17)6-3-11/h2-8,10H,9,18H2,1H3/t10-/m1/s1. The van der Waals surface area contributed by atoms with Gasteiger partial charge in [0.1, 0.15) is 18.2 Å². The minimum atomic E-state index is -0.318. The predicted octanol–water partition coefficient (Wildman–Crippen LogP) is 4.03. The fraction of sp³-hybridized carbons (Fsp3) is 0.200. The molecule has 2 nitrogen and oxygen atoms in total. The molecule has 0 saturated carbocycles. The van der Waals surface area contributed by atoms with Crippen LogP contribution in [0.1, 0.15) is 24.1 Å². The monoisotopic (exact) mass is 371 g/mol. The van der Waals surface area contributed by atoms with Crippen LogP contribution in [0.2, 0.25) is 0 Å². The summed E-state index contributed by atoms with van der Waals surface area (Å²) in [6.07, 6.45) is 0. The van der Waals surface area contributed by atoms with Crippen molar-refractivity contribution in [3.63, 3.8) is 0 Å². The van der Waals surface area contributed by atoms with Gasteiger partial charge in [-0.15, -0.1) is 0 Å². The highest BCUT2D eigenvalue weighted by Gasteiger charge is 2.09. The van der Waals surface area contributed by atoms with Crippen LogP contribution in [0.15, 0.2) is 42.5 Å². The number of nitrogens with two attached hydrogens (primary N) is 1. The molecule has 0 heterocycles. The lowest BCUT2D eigenvalue weighted by Gasteiger charge is -2.14. The summed E-state index contributed by atoms with van der Waals surface area (Å²) in [5, 5.41) is 0. The van der Waals surface area contributed by atoms with Gasteiger partial charge in [-0.05, 0) is 53.3 Å². The van der Waals surface area contributed by atoms with Crippen LogP contribution in [0.4, 0.5) is 4.39 Å². The summed E-state index contributed by atoms with van der Waals surface area (Å²) in [6.45, 7) is 2.26. The molecule has 0 aromatic heterocycles. The highest BCUT2D eigenvalue weighted by molar-refractivity contribution is 14.1. The van der Waals surface area contributed by atoms with Gasteiger partial charge in [0.25, 0.3) is 0 Å². The molecule has 1 atom stereocenters. The van der Waals surface area contributed by atoms with Crippen molar-refractivity contribution in [2.75, 3.05) is 0 Å². The number of hydrogen-bond donors (Lipinski definition) is 1. The molecule has 2 rings (SSSR count). The maximum Gasteiger partial charge on any atom is 0.127 e. The summed E-state index contributed by atoms with van der Waals surface area (Å²) in [7, 11) is 0. The molecule has 2 aromatic carbocycles. The van der Waals surface area contributed by atoms with E-state index in [-0.39, 0.29) is 11.9 Å². The lowest BCUT2D eigenvalue weighted by molar-refractivity contribution is 0.300. The Morgan fingerprint density at radius 3 is 2.53 bits per heavy atom. The quantitative estimate of drug-likeness (QED) is 0.824. The highest BCUT2D eigenvalue weighted by atomic mass is 127. The second kappa shape index (κ2) is 6.34. The molecule has 0 unspecified atom stereocenters. The molecule has 2 N–H and O–H groups in total. The second-order valence-electron chi connectivity index (χ2n) is 4.39. The summed E-state index contributed by atoms with van der Waals surface area (Å²) in [5.41, 5.74) is 7.70. The van der Waals surface area contributed by atoms with Crippen LogP contribution in [0, 0.1) is 9.39 Å². The SMILES string of the molecule is C[C@@H](N)c1ccc(F)cc1OCc1ccc(I)cc1. The smallest absolute Gasteiger partial charge is 0.127 e. The van der Waals surface area contributed by atoms with Crippen molar-refractivity contribution in [3.8, 4) is 5.75 Å². The summed E-state index contributed by atoms with van der Waals surface area (Å²) in [5.74, 6) is 0.190. The van der Waals surface area contributed by atoms with Crippen LogP contribution in [-0.2, 0) is 6.61 Å². The van der Waals surface area contributed by atoms with Crippen molar-refractivity contribution in [3.05, 3.63) is 63.0 Å². The van der Waals surface area contributed by atoms with Crippen molar-refractivity contribution >= 4 is 22.6 Å². The Bertz CT molecular complexity index is 555. The molecule has 4 heteroatoms. The van der Waals surface area contributed by atoms with Crippen LogP contribution < -0.4 is 10.5 Å². The van der Waals surface area contributed by atoms with E-state index in [1.807, 2.05) is 31.2 Å². The first kappa shape index (κ1) is 14.3. The van der Waals surface area contributed by atoms with Crippen molar-refractivity contribution in [1.29, 1.82) is 0 Å². The molecule has 0 spiro atoms. The fourth-order valence-corrected chi connectivity index (χ4v) is 2.11. The molecule has 0 bridgehead atoms. The van der Waals surface area contributed by atoms with Gasteiger partial charge in [-0.1, -0.05) is 18.2 Å². The van der Waals surface area contributed by atoms with Crippen LogP contribution in [-0.4, -0.2) is 0 Å². The largest absolute Gasteiger partial charge is 0.488 e. The molecule has 0 fully saturated rings. The first-order chi connectivity index (χ1) is 9.06. The lowest BCUT2D eigenvalue weighted by atomic mass is 10.1. The number of rotatable bonds is 4. The summed E-state index contributed by atoms with van der Waals surface area (Å²) in [6, 6.07) is 12.3. The third-order valence-electron chi connectivity index (χ3n) is 2.77. The van der Waals surface area contributed by atoms with Gasteiger partial charge in [-0.2, -0.15) is 0 Å². The van der Waals surface area contributed by atoms with Gasteiger partial charge in [-0.25, -0.2) is 4.39 Å². The van der Waals surface area contributed by atoms with Gasteiger partial charge in [0, 0.05) is 21.2 Å². The number of benzene rings is 2. The Kier molecular flexibility index (Phi) is 4.76. The Morgan fingerprint density at radius 2 is 1.89 bits per heavy atom. The maximum absolute atomic E-state index is 13.3. The average Bonchev–Trinajstić information content (AvgIpc) is 2.38. The molecule has 0 radical (unpaired) electrons. The molecule has 2 aromatic rings. The van der Waals surface area contributed by atoms with Crippen molar-refractivity contribution in [1.82, 2.24) is 0 Å². The molecule has 0 aliphatic heterocycles. The Labute approximate surface area is 125 Å². The van der Waals surface area contributed by atoms with Crippen molar-refractivity contribution in [2.24, 2.45) is 5.73 Å². The van der Waals surface area contributed by atoms with E-state index in [9.17, 15) is 4.39 Å². The summed E-state index contributed by atoms with van der Waals surface area (Å²) >= 11 is 2.25. The Morgan fingerprint density at radius 1 is 1.21 bits per heavy atom. The average molecular weight is 371 g/mol. The van der Waals surface area contributed by atoms with Crippen LogP contribution in [0.5, 0.6) is 5.75 Å². The van der Waals surface area contributed by atoms with Gasteiger partial charge in [0.15, 0.2) is 0 Å². The van der Waals surface area contributed by atoms with E-state index < -0.39 is 0 Å². The number of hydrogen-bond acceptors (Lipinski definition) is 2. The minimum absolute atomic E-state index is 0.188. The number of halogens is 2. The van der Waals surface area contributed by atoms with E-state index in [1.165, 1.54) is 15.7 Å². The van der Waals surface area contributed by atoms with E-state index in [1.54, 1.807) is 6.07 Å². The van der Waals surface area contributed by atoms with Gasteiger partial charge in [-0.3, -0.25) is 0 Å². The third kappa shape index (κ3) is 3.91. The van der Waals surface area contributed by atoms with E-state index in [0.717, 1.165) is 11.1 Å². The van der Waals surface area contributed by atoms with E-state index in [4.69, 9.17) is 10.5 Å². The maximum atomic E-state index is 13.3. The van der Waals surface area contributed by atoms with Crippen molar-refractivity contribution in [2.45, 2.75) is 19.6 Å². The predicted molar refractivity (Wildman–Crippen MR) is 82.5 cm³/mol. The van der Waals surface area contributed by atoms with Gasteiger partial charge in [0.05, 0.1) is 0 Å². The first-order valence-electron chi connectivity index (χ1n) is 5.98. The lowest BCUT2D eigenvalue weighted by Crippen LogP contribution is -2.08. The summed E-state index contributed by atoms with van der Waals surface area (Å²) < 4.78 is 20.1. The molecular weight excluding hydrogens is 356 g/mol. The zero-order valence-electron chi connectivity index (χ0n) is 10.6. The van der Waals surface area contributed by atoms with E-state index in [2.05, 4.69) is 22.6 Å².